The van der Waals surface area contributed by atoms with Gasteiger partial charge in [-0.15, -0.1) is 0 Å². The number of ether oxygens (including phenoxy) is 4. The van der Waals surface area contributed by atoms with E-state index in [9.17, 15) is 14.4 Å². The molecule has 2 N–H and O–H groups in total. The van der Waals surface area contributed by atoms with Crippen molar-refractivity contribution in [3.63, 3.8) is 0 Å². The van der Waals surface area contributed by atoms with Gasteiger partial charge in [0.05, 0.1) is 49.1 Å². The maximum Gasteiger partial charge on any atom is 0.303 e. The van der Waals surface area contributed by atoms with E-state index in [1.54, 1.807) is 13.0 Å². The number of esters is 1. The van der Waals surface area contributed by atoms with Crippen LogP contribution in [-0.2, 0) is 39.9 Å². The minimum atomic E-state index is -0.462. The molecule has 3 aliphatic rings. The van der Waals surface area contributed by atoms with Gasteiger partial charge in [0.1, 0.15) is 6.10 Å². The molecule has 45 heavy (non-hydrogen) atoms. The molecule has 1 spiro atoms. The van der Waals surface area contributed by atoms with Crippen LogP contribution in [0.4, 0.5) is 0 Å². The van der Waals surface area contributed by atoms with Crippen molar-refractivity contribution in [3.8, 4) is 0 Å². The van der Waals surface area contributed by atoms with E-state index in [1.807, 2.05) is 38.1 Å². The van der Waals surface area contributed by atoms with Gasteiger partial charge in [-0.05, 0) is 58.1 Å². The Bertz CT molecular complexity index is 1270. The molecule has 246 valence electrons. The van der Waals surface area contributed by atoms with E-state index >= 15 is 0 Å². The van der Waals surface area contributed by atoms with E-state index in [-0.39, 0.29) is 59.8 Å². The summed E-state index contributed by atoms with van der Waals surface area (Å²) in [5.41, 5.74) is 3.22. The number of hydrogen-bond donors (Lipinski definition) is 2. The van der Waals surface area contributed by atoms with Crippen molar-refractivity contribution in [1.82, 2.24) is 10.6 Å². The summed E-state index contributed by atoms with van der Waals surface area (Å²) in [4.78, 5) is 36.2. The summed E-state index contributed by atoms with van der Waals surface area (Å²) in [5.74, 6) is -0.366. The third-order valence-electron chi connectivity index (χ3n) is 8.78. The van der Waals surface area contributed by atoms with Crippen LogP contribution in [0.5, 0.6) is 0 Å². The number of carbonyl (C=O) groups is 3. The average molecular weight is 623 g/mol. The molecule has 3 saturated heterocycles. The van der Waals surface area contributed by atoms with Gasteiger partial charge in [0.15, 0.2) is 0 Å². The third-order valence-corrected chi connectivity index (χ3v) is 8.78. The first-order valence-corrected chi connectivity index (χ1v) is 16.2. The molecule has 0 unspecified atom stereocenters. The summed E-state index contributed by atoms with van der Waals surface area (Å²) in [6.45, 7) is 12.5. The number of nitrogens with one attached hydrogen (secondary N) is 2. The van der Waals surface area contributed by atoms with Gasteiger partial charge in [0.25, 0.3) is 0 Å². The van der Waals surface area contributed by atoms with Crippen molar-refractivity contribution >= 4 is 17.8 Å². The number of amides is 2. The quantitative estimate of drug-likeness (QED) is 0.146. The standard InChI is InChI=1S/C36H50N2O7/c1-23-7-12-29(13-8-23)21-37-35(41)18-31-20-36(22-42-36)19-30(45-31)14-9-24(2)10-15-33-25(3)17-32(27(5)44-33)38-34(40)16-11-26(4)43-28(6)39/h7-14,16,25-27,30-33H,15,17-22H2,1-6H3,(H,37,41)(H,38,40)/b14-9+,16-11-,24-10+/t25-,26-,27+,30+,31+,32+,33-,36+/m0/s1. The van der Waals surface area contributed by atoms with Crippen LogP contribution in [-0.4, -0.2) is 66.6 Å². The molecular weight excluding hydrogens is 572 g/mol. The van der Waals surface area contributed by atoms with Crippen molar-refractivity contribution in [2.45, 2.75) is 122 Å². The second kappa shape index (κ2) is 15.8. The largest absolute Gasteiger partial charge is 0.459 e. The molecule has 3 aliphatic heterocycles. The first-order valence-electron chi connectivity index (χ1n) is 16.2. The van der Waals surface area contributed by atoms with Crippen LogP contribution < -0.4 is 10.6 Å². The highest BCUT2D eigenvalue weighted by atomic mass is 16.6. The van der Waals surface area contributed by atoms with Gasteiger partial charge < -0.3 is 29.6 Å². The Balaban J connectivity index is 1.22. The molecular formula is C36H50N2O7. The van der Waals surface area contributed by atoms with Gasteiger partial charge in [-0.1, -0.05) is 60.6 Å². The maximum atomic E-state index is 12.7. The van der Waals surface area contributed by atoms with Gasteiger partial charge >= 0.3 is 5.97 Å². The predicted octanol–water partition coefficient (Wildman–Crippen LogP) is 5.02. The summed E-state index contributed by atoms with van der Waals surface area (Å²) < 4.78 is 23.5. The molecule has 1 aromatic rings. The number of hydrogen-bond acceptors (Lipinski definition) is 7. The fraction of sp³-hybridized carbons (Fsp3) is 0.583. The molecule has 3 heterocycles. The lowest BCUT2D eigenvalue weighted by molar-refractivity contribution is -0.143. The SMILES string of the molecule is CC(=O)O[C@@H](C)/C=C\C(=O)N[C@@H]1C[C@H](C)[C@H](C/C=C(C)/C=C/[C@@H]2C[C@]3(CO3)C[C@@H](CC(=O)NCc3ccc(C)cc3)O2)O[C@@H]1C. The zero-order chi connectivity index (χ0) is 32.6. The lowest BCUT2D eigenvalue weighted by Gasteiger charge is -2.39. The van der Waals surface area contributed by atoms with E-state index in [0.29, 0.717) is 13.0 Å². The van der Waals surface area contributed by atoms with Gasteiger partial charge in [-0.25, -0.2) is 0 Å². The highest BCUT2D eigenvalue weighted by molar-refractivity contribution is 5.87. The van der Waals surface area contributed by atoms with Gasteiger partial charge in [0, 0.05) is 32.4 Å². The number of allylic oxidation sites excluding steroid dienone is 2. The van der Waals surface area contributed by atoms with Crippen molar-refractivity contribution in [2.75, 3.05) is 6.61 Å². The second-order valence-electron chi connectivity index (χ2n) is 13.1. The van der Waals surface area contributed by atoms with Crippen molar-refractivity contribution in [1.29, 1.82) is 0 Å². The Kier molecular flexibility index (Phi) is 12.2. The van der Waals surface area contributed by atoms with Crippen molar-refractivity contribution in [3.05, 3.63) is 71.3 Å². The normalized spacial score (nSPS) is 30.8. The topological polar surface area (TPSA) is 115 Å². The molecule has 2 amide bonds. The van der Waals surface area contributed by atoms with Crippen LogP contribution in [0, 0.1) is 12.8 Å². The number of carbonyl (C=O) groups excluding carboxylic acids is 3. The Hall–Kier alpha value is -3.27. The number of aryl methyl sites for hydroxylation is 1. The van der Waals surface area contributed by atoms with E-state index in [0.717, 1.165) is 43.4 Å². The first kappa shape index (κ1) is 34.6. The molecule has 9 nitrogen and oxygen atoms in total. The molecule has 0 aliphatic carbocycles. The fourth-order valence-electron chi connectivity index (χ4n) is 6.06. The molecule has 8 atom stereocenters. The number of rotatable bonds is 12. The Morgan fingerprint density at radius 3 is 2.51 bits per heavy atom. The average Bonchev–Trinajstić information content (AvgIpc) is 3.72. The molecule has 9 heteroatoms. The second-order valence-corrected chi connectivity index (χ2v) is 13.1. The summed E-state index contributed by atoms with van der Waals surface area (Å²) in [5, 5.41) is 6.05. The number of benzene rings is 1. The Labute approximate surface area is 267 Å². The Morgan fingerprint density at radius 2 is 1.82 bits per heavy atom. The minimum absolute atomic E-state index is 0.0138. The molecule has 0 saturated carbocycles. The Morgan fingerprint density at radius 1 is 1.09 bits per heavy atom. The summed E-state index contributed by atoms with van der Waals surface area (Å²) in [6, 6.07) is 8.07. The molecule has 0 aromatic heterocycles. The smallest absolute Gasteiger partial charge is 0.303 e. The molecule has 0 radical (unpaired) electrons. The fourth-order valence-corrected chi connectivity index (χ4v) is 6.06. The van der Waals surface area contributed by atoms with Crippen LogP contribution in [0.1, 0.15) is 77.8 Å². The molecule has 0 bridgehead atoms. The van der Waals surface area contributed by atoms with Crippen LogP contribution in [0.3, 0.4) is 0 Å². The van der Waals surface area contributed by atoms with E-state index < -0.39 is 6.10 Å². The zero-order valence-electron chi connectivity index (χ0n) is 27.5. The van der Waals surface area contributed by atoms with Crippen LogP contribution in [0.2, 0.25) is 0 Å². The van der Waals surface area contributed by atoms with E-state index in [1.165, 1.54) is 18.6 Å². The van der Waals surface area contributed by atoms with Crippen molar-refractivity contribution in [2.24, 2.45) is 5.92 Å². The highest BCUT2D eigenvalue weighted by Crippen LogP contribution is 2.43. The predicted molar refractivity (Wildman–Crippen MR) is 172 cm³/mol. The van der Waals surface area contributed by atoms with Crippen molar-refractivity contribution < 1.29 is 33.3 Å². The molecule has 3 fully saturated rings. The molecule has 1 aromatic carbocycles. The number of epoxide rings is 1. The van der Waals surface area contributed by atoms with Crippen LogP contribution >= 0.6 is 0 Å². The summed E-state index contributed by atoms with van der Waals surface area (Å²) in [7, 11) is 0. The third kappa shape index (κ3) is 11.2. The zero-order valence-corrected chi connectivity index (χ0v) is 27.5. The van der Waals surface area contributed by atoms with Gasteiger partial charge in [-0.3, -0.25) is 14.4 Å². The lowest BCUT2D eigenvalue weighted by atomic mass is 9.88. The van der Waals surface area contributed by atoms with Gasteiger partial charge in [0.2, 0.25) is 11.8 Å². The molecule has 4 rings (SSSR count). The van der Waals surface area contributed by atoms with Gasteiger partial charge in [-0.2, -0.15) is 0 Å². The first-order chi connectivity index (χ1) is 21.4. The minimum Gasteiger partial charge on any atom is -0.459 e. The monoisotopic (exact) mass is 622 g/mol. The highest BCUT2D eigenvalue weighted by Gasteiger charge is 2.51. The van der Waals surface area contributed by atoms with E-state index in [2.05, 4.69) is 42.7 Å². The maximum absolute atomic E-state index is 12.7. The summed E-state index contributed by atoms with van der Waals surface area (Å²) in [6.07, 6.45) is 11.9. The summed E-state index contributed by atoms with van der Waals surface area (Å²) >= 11 is 0. The van der Waals surface area contributed by atoms with Crippen LogP contribution in [0.25, 0.3) is 0 Å². The van der Waals surface area contributed by atoms with E-state index in [4.69, 9.17) is 18.9 Å². The lowest BCUT2D eigenvalue weighted by Crippen LogP contribution is -2.50. The van der Waals surface area contributed by atoms with Crippen LogP contribution in [0.15, 0.2) is 60.2 Å².